The molecular formula is C12H22. The van der Waals surface area contributed by atoms with Gasteiger partial charge in [-0.1, -0.05) is 27.2 Å². The number of fused-ring (bicyclic) bond motifs is 2. The molecule has 0 aromatic heterocycles. The first-order chi connectivity index (χ1) is 5.74. The highest BCUT2D eigenvalue weighted by molar-refractivity contribution is 4.97. The van der Waals surface area contributed by atoms with Crippen LogP contribution < -0.4 is 0 Å². The Morgan fingerprint density at radius 2 is 2.00 bits per heavy atom. The summed E-state index contributed by atoms with van der Waals surface area (Å²) in [6.45, 7) is 7.21. The van der Waals surface area contributed by atoms with E-state index in [0.29, 0.717) is 0 Å². The second kappa shape index (κ2) is 3.05. The second-order valence-corrected chi connectivity index (χ2v) is 5.22. The standard InChI is InChI=1S/C12H22/c1-4-10-9-5-6-11(8(2)3)12(10)7-9/h8-12H,4-7H2,1-3H3. The van der Waals surface area contributed by atoms with Crippen LogP contribution in [0.25, 0.3) is 0 Å². The zero-order chi connectivity index (χ0) is 8.72. The highest BCUT2D eigenvalue weighted by atomic mass is 14.5. The molecule has 3 fully saturated rings. The van der Waals surface area contributed by atoms with Gasteiger partial charge in [-0.05, 0) is 48.9 Å². The van der Waals surface area contributed by atoms with Gasteiger partial charge >= 0.3 is 0 Å². The zero-order valence-corrected chi connectivity index (χ0v) is 8.72. The van der Waals surface area contributed by atoms with Crippen molar-refractivity contribution in [2.45, 2.75) is 46.5 Å². The largest absolute Gasteiger partial charge is 0.0651 e. The lowest BCUT2D eigenvalue weighted by Gasteiger charge is -2.55. The minimum Gasteiger partial charge on any atom is -0.0651 e. The SMILES string of the molecule is CCC1C2CCC(C(C)C)C1C2. The molecule has 3 saturated carbocycles. The van der Waals surface area contributed by atoms with Gasteiger partial charge in [-0.3, -0.25) is 0 Å². The average molecular weight is 166 g/mol. The molecule has 2 bridgehead atoms. The predicted octanol–water partition coefficient (Wildman–Crippen LogP) is 3.71. The molecule has 0 radical (unpaired) electrons. The zero-order valence-electron chi connectivity index (χ0n) is 8.72. The topological polar surface area (TPSA) is 0 Å². The van der Waals surface area contributed by atoms with Crippen LogP contribution in [0.1, 0.15) is 46.5 Å². The highest BCUT2D eigenvalue weighted by Crippen LogP contribution is 2.56. The van der Waals surface area contributed by atoms with Gasteiger partial charge < -0.3 is 0 Å². The first kappa shape index (κ1) is 8.59. The molecule has 0 aromatic carbocycles. The number of hydrogen-bond donors (Lipinski definition) is 0. The molecule has 0 spiro atoms. The van der Waals surface area contributed by atoms with Crippen molar-refractivity contribution < 1.29 is 0 Å². The van der Waals surface area contributed by atoms with Crippen LogP contribution in [0.3, 0.4) is 0 Å². The summed E-state index contributed by atoms with van der Waals surface area (Å²) in [7, 11) is 0. The Balaban J connectivity index is 2.01. The Kier molecular flexibility index (Phi) is 2.18. The fourth-order valence-electron chi connectivity index (χ4n) is 3.76. The van der Waals surface area contributed by atoms with E-state index >= 15 is 0 Å². The van der Waals surface area contributed by atoms with Crippen LogP contribution in [0.4, 0.5) is 0 Å². The molecule has 3 aliphatic carbocycles. The van der Waals surface area contributed by atoms with Crippen LogP contribution in [0.2, 0.25) is 0 Å². The summed E-state index contributed by atoms with van der Waals surface area (Å²) in [6, 6.07) is 0. The van der Waals surface area contributed by atoms with Crippen molar-refractivity contribution in [3.05, 3.63) is 0 Å². The lowest BCUT2D eigenvalue weighted by atomic mass is 9.50. The van der Waals surface area contributed by atoms with E-state index in [2.05, 4.69) is 20.8 Å². The fraction of sp³-hybridized carbons (Fsp3) is 1.00. The van der Waals surface area contributed by atoms with Gasteiger partial charge in [-0.25, -0.2) is 0 Å². The molecule has 0 saturated heterocycles. The van der Waals surface area contributed by atoms with Crippen molar-refractivity contribution in [1.82, 2.24) is 0 Å². The molecular weight excluding hydrogens is 144 g/mol. The van der Waals surface area contributed by atoms with Gasteiger partial charge in [-0.2, -0.15) is 0 Å². The molecule has 0 aromatic rings. The Bertz CT molecular complexity index is 157. The Hall–Kier alpha value is 0. The third-order valence-electron chi connectivity index (χ3n) is 4.48. The lowest BCUT2D eigenvalue weighted by molar-refractivity contribution is -0.0537. The van der Waals surface area contributed by atoms with Crippen molar-refractivity contribution in [2.75, 3.05) is 0 Å². The third-order valence-corrected chi connectivity index (χ3v) is 4.48. The van der Waals surface area contributed by atoms with Crippen LogP contribution in [0, 0.1) is 29.6 Å². The van der Waals surface area contributed by atoms with Gasteiger partial charge in [0.15, 0.2) is 0 Å². The molecule has 12 heavy (non-hydrogen) atoms. The minimum absolute atomic E-state index is 0.935. The molecule has 4 unspecified atom stereocenters. The van der Waals surface area contributed by atoms with E-state index in [1.807, 2.05) is 0 Å². The van der Waals surface area contributed by atoms with Gasteiger partial charge in [0.1, 0.15) is 0 Å². The molecule has 0 heterocycles. The van der Waals surface area contributed by atoms with E-state index in [4.69, 9.17) is 0 Å². The third kappa shape index (κ3) is 1.11. The lowest BCUT2D eigenvalue weighted by Crippen LogP contribution is -2.47. The molecule has 0 N–H and O–H groups in total. The molecule has 0 amide bonds. The quantitative estimate of drug-likeness (QED) is 0.586. The summed E-state index contributed by atoms with van der Waals surface area (Å²) in [5.74, 6) is 5.38. The van der Waals surface area contributed by atoms with E-state index in [1.54, 1.807) is 6.42 Å². The van der Waals surface area contributed by atoms with Crippen molar-refractivity contribution in [1.29, 1.82) is 0 Å². The fourth-order valence-corrected chi connectivity index (χ4v) is 3.76. The van der Waals surface area contributed by atoms with Crippen molar-refractivity contribution in [2.24, 2.45) is 29.6 Å². The normalized spacial score (nSPS) is 46.0. The van der Waals surface area contributed by atoms with E-state index < -0.39 is 0 Å². The number of hydrogen-bond acceptors (Lipinski definition) is 0. The Labute approximate surface area is 76.7 Å². The van der Waals surface area contributed by atoms with E-state index in [0.717, 1.165) is 29.6 Å². The monoisotopic (exact) mass is 166 g/mol. The van der Waals surface area contributed by atoms with E-state index in [1.165, 1.54) is 19.3 Å². The van der Waals surface area contributed by atoms with E-state index in [-0.39, 0.29) is 0 Å². The Morgan fingerprint density at radius 1 is 1.25 bits per heavy atom. The summed E-state index contributed by atoms with van der Waals surface area (Å²) in [5.41, 5.74) is 0. The summed E-state index contributed by atoms with van der Waals surface area (Å²) in [4.78, 5) is 0. The summed E-state index contributed by atoms with van der Waals surface area (Å²) in [6.07, 6.45) is 6.08. The van der Waals surface area contributed by atoms with Crippen molar-refractivity contribution >= 4 is 0 Å². The highest BCUT2D eigenvalue weighted by Gasteiger charge is 2.47. The van der Waals surface area contributed by atoms with Crippen LogP contribution >= 0.6 is 0 Å². The smallest absolute Gasteiger partial charge is 0.0350 e. The van der Waals surface area contributed by atoms with Crippen LogP contribution in [0.5, 0.6) is 0 Å². The summed E-state index contributed by atoms with van der Waals surface area (Å²) in [5, 5.41) is 0. The van der Waals surface area contributed by atoms with Gasteiger partial charge in [0, 0.05) is 0 Å². The predicted molar refractivity (Wildman–Crippen MR) is 52.9 cm³/mol. The summed E-state index contributed by atoms with van der Waals surface area (Å²) >= 11 is 0. The van der Waals surface area contributed by atoms with Crippen molar-refractivity contribution in [3.8, 4) is 0 Å². The maximum absolute atomic E-state index is 2.41. The maximum Gasteiger partial charge on any atom is -0.0350 e. The van der Waals surface area contributed by atoms with Gasteiger partial charge in [0.25, 0.3) is 0 Å². The van der Waals surface area contributed by atoms with Crippen LogP contribution in [-0.4, -0.2) is 0 Å². The second-order valence-electron chi connectivity index (χ2n) is 5.22. The first-order valence-electron chi connectivity index (χ1n) is 5.74. The van der Waals surface area contributed by atoms with Gasteiger partial charge in [0.05, 0.1) is 0 Å². The average Bonchev–Trinajstić information content (AvgIpc) is 2.05. The number of rotatable bonds is 2. The van der Waals surface area contributed by atoms with Gasteiger partial charge in [0.2, 0.25) is 0 Å². The molecule has 3 aliphatic rings. The van der Waals surface area contributed by atoms with Crippen molar-refractivity contribution in [3.63, 3.8) is 0 Å². The minimum atomic E-state index is 0.935. The molecule has 70 valence electrons. The van der Waals surface area contributed by atoms with E-state index in [9.17, 15) is 0 Å². The summed E-state index contributed by atoms with van der Waals surface area (Å²) < 4.78 is 0. The molecule has 0 aliphatic heterocycles. The van der Waals surface area contributed by atoms with Gasteiger partial charge in [-0.15, -0.1) is 0 Å². The first-order valence-corrected chi connectivity index (χ1v) is 5.74. The Morgan fingerprint density at radius 3 is 2.50 bits per heavy atom. The molecule has 0 nitrogen and oxygen atoms in total. The van der Waals surface area contributed by atoms with Crippen LogP contribution in [0.15, 0.2) is 0 Å². The molecule has 4 atom stereocenters. The van der Waals surface area contributed by atoms with Crippen LogP contribution in [-0.2, 0) is 0 Å². The maximum atomic E-state index is 2.41. The molecule has 0 heteroatoms. The molecule has 3 rings (SSSR count).